The second kappa shape index (κ2) is 5.61. The molecular weight excluding hydrogens is 244 g/mol. The zero-order valence-corrected chi connectivity index (χ0v) is 16.0. The summed E-state index contributed by atoms with van der Waals surface area (Å²) in [6, 6.07) is 0. The lowest BCUT2D eigenvalue weighted by Gasteiger charge is -2.48. The van der Waals surface area contributed by atoms with E-state index in [0.717, 1.165) is 0 Å². The molecular formula is C18H38N2. The Morgan fingerprint density at radius 3 is 0.650 bits per heavy atom. The first kappa shape index (κ1) is 19.3. The van der Waals surface area contributed by atoms with Crippen molar-refractivity contribution in [3.8, 4) is 0 Å². The number of hydrogen-bond donors (Lipinski definition) is 0. The third-order valence-corrected chi connectivity index (χ3v) is 3.26. The molecule has 0 aliphatic heterocycles. The van der Waals surface area contributed by atoms with Gasteiger partial charge in [0.05, 0.1) is 0 Å². The fraction of sp³-hybridized carbons (Fsp3) is 0.889. The highest BCUT2D eigenvalue weighted by Gasteiger charge is 2.31. The predicted molar refractivity (Wildman–Crippen MR) is 91.8 cm³/mol. The summed E-state index contributed by atoms with van der Waals surface area (Å²) in [4.78, 5) is 4.87. The van der Waals surface area contributed by atoms with Gasteiger partial charge in [-0.1, -0.05) is 0 Å². The van der Waals surface area contributed by atoms with Gasteiger partial charge in [-0.15, -0.1) is 0 Å². The molecule has 0 N–H and O–H groups in total. The summed E-state index contributed by atoms with van der Waals surface area (Å²) in [7, 11) is 0. The smallest absolute Gasteiger partial charge is 0.0318 e. The Balaban J connectivity index is 5.50. The second-order valence-electron chi connectivity index (χ2n) is 9.72. The van der Waals surface area contributed by atoms with Gasteiger partial charge in [0.1, 0.15) is 0 Å². The van der Waals surface area contributed by atoms with Crippen molar-refractivity contribution in [2.24, 2.45) is 0 Å². The zero-order valence-electron chi connectivity index (χ0n) is 16.0. The van der Waals surface area contributed by atoms with Crippen LogP contribution in [-0.4, -0.2) is 32.0 Å². The summed E-state index contributed by atoms with van der Waals surface area (Å²) < 4.78 is 0. The molecule has 0 aromatic heterocycles. The van der Waals surface area contributed by atoms with Crippen LogP contribution in [0, 0.1) is 0 Å². The van der Waals surface area contributed by atoms with E-state index in [9.17, 15) is 0 Å². The molecule has 0 saturated heterocycles. The second-order valence-corrected chi connectivity index (χ2v) is 9.72. The molecule has 0 unspecified atom stereocenters. The minimum atomic E-state index is 0.107. The zero-order chi connectivity index (χ0) is 16.6. The van der Waals surface area contributed by atoms with Crippen LogP contribution in [0.2, 0.25) is 0 Å². The molecule has 0 bridgehead atoms. The van der Waals surface area contributed by atoms with Crippen LogP contribution in [0.5, 0.6) is 0 Å². The molecule has 0 atom stereocenters. The molecule has 0 aliphatic carbocycles. The summed E-state index contributed by atoms with van der Waals surface area (Å²) in [6.45, 7) is 27.2. The molecule has 0 aliphatic rings. The lowest BCUT2D eigenvalue weighted by Crippen LogP contribution is -2.52. The Morgan fingerprint density at radius 2 is 0.550 bits per heavy atom. The van der Waals surface area contributed by atoms with Crippen LogP contribution in [0.1, 0.15) is 83.1 Å². The largest absolute Gasteiger partial charge is 0.367 e. The molecule has 0 amide bonds. The number of rotatable bonds is 2. The third kappa shape index (κ3) is 5.76. The maximum Gasteiger partial charge on any atom is 0.0318 e. The first-order valence-corrected chi connectivity index (χ1v) is 7.74. The lowest BCUT2D eigenvalue weighted by atomic mass is 9.95. The van der Waals surface area contributed by atoms with Gasteiger partial charge < -0.3 is 9.80 Å². The van der Waals surface area contributed by atoms with Gasteiger partial charge in [0.15, 0.2) is 0 Å². The summed E-state index contributed by atoms with van der Waals surface area (Å²) >= 11 is 0. The Hall–Kier alpha value is -0.660. The van der Waals surface area contributed by atoms with Crippen molar-refractivity contribution in [1.82, 2.24) is 9.80 Å². The van der Waals surface area contributed by atoms with Gasteiger partial charge >= 0.3 is 0 Å². The van der Waals surface area contributed by atoms with Crippen molar-refractivity contribution in [3.05, 3.63) is 12.4 Å². The van der Waals surface area contributed by atoms with Crippen LogP contribution in [0.3, 0.4) is 0 Å². The van der Waals surface area contributed by atoms with Gasteiger partial charge in [0, 0.05) is 34.6 Å². The number of hydrogen-bond acceptors (Lipinski definition) is 2. The van der Waals surface area contributed by atoms with E-state index in [2.05, 4.69) is 105 Å². The van der Waals surface area contributed by atoms with E-state index in [1.165, 1.54) is 0 Å². The highest BCUT2D eigenvalue weighted by molar-refractivity contribution is 5.01. The SMILES string of the molecule is CC(C)(C)N(C=CN(C(C)(C)C)C(C)(C)C)C(C)(C)C. The van der Waals surface area contributed by atoms with Crippen LogP contribution in [-0.2, 0) is 0 Å². The normalized spacial score (nSPS) is 14.8. The molecule has 2 heteroatoms. The summed E-state index contributed by atoms with van der Waals surface area (Å²) in [5.41, 5.74) is 0.429. The van der Waals surface area contributed by atoms with Gasteiger partial charge in [-0.2, -0.15) is 0 Å². The molecule has 120 valence electrons. The fourth-order valence-electron chi connectivity index (χ4n) is 3.04. The Bertz CT molecular complexity index is 264. The Labute approximate surface area is 128 Å². The van der Waals surface area contributed by atoms with Gasteiger partial charge in [-0.3, -0.25) is 0 Å². The average Bonchev–Trinajstić information content (AvgIpc) is 2.02. The molecule has 2 nitrogen and oxygen atoms in total. The standard InChI is InChI=1S/C18H38N2/c1-15(2,3)19(16(4,5)6)13-14-20(17(7,8)9)18(10,11)12/h13-14H,1-12H3. The van der Waals surface area contributed by atoms with E-state index < -0.39 is 0 Å². The summed E-state index contributed by atoms with van der Waals surface area (Å²) in [5.74, 6) is 0. The molecule has 0 rings (SSSR count). The minimum Gasteiger partial charge on any atom is -0.367 e. The van der Waals surface area contributed by atoms with E-state index >= 15 is 0 Å². The molecule has 20 heavy (non-hydrogen) atoms. The highest BCUT2D eigenvalue weighted by Crippen LogP contribution is 2.28. The van der Waals surface area contributed by atoms with Crippen molar-refractivity contribution >= 4 is 0 Å². The van der Waals surface area contributed by atoms with E-state index in [-0.39, 0.29) is 22.2 Å². The van der Waals surface area contributed by atoms with Gasteiger partial charge in [0.2, 0.25) is 0 Å². The topological polar surface area (TPSA) is 6.48 Å². The van der Waals surface area contributed by atoms with Crippen LogP contribution in [0.4, 0.5) is 0 Å². The molecule has 0 spiro atoms. The van der Waals surface area contributed by atoms with E-state index in [1.807, 2.05) is 0 Å². The maximum atomic E-state index is 2.44. The van der Waals surface area contributed by atoms with Crippen molar-refractivity contribution in [1.29, 1.82) is 0 Å². The van der Waals surface area contributed by atoms with Gasteiger partial charge in [0.25, 0.3) is 0 Å². The quantitative estimate of drug-likeness (QED) is 0.682. The average molecular weight is 283 g/mol. The number of nitrogens with zero attached hydrogens (tertiary/aromatic N) is 2. The molecule has 0 heterocycles. The fourth-order valence-corrected chi connectivity index (χ4v) is 3.04. The monoisotopic (exact) mass is 282 g/mol. The lowest BCUT2D eigenvalue weighted by molar-refractivity contribution is 0.0724. The molecule has 0 aromatic rings. The van der Waals surface area contributed by atoms with E-state index in [1.54, 1.807) is 0 Å². The van der Waals surface area contributed by atoms with Crippen LogP contribution < -0.4 is 0 Å². The predicted octanol–water partition coefficient (Wildman–Crippen LogP) is 5.26. The maximum absolute atomic E-state index is 2.44. The molecule has 0 fully saturated rings. The van der Waals surface area contributed by atoms with E-state index in [0.29, 0.717) is 0 Å². The minimum absolute atomic E-state index is 0.107. The molecule has 0 aromatic carbocycles. The summed E-state index contributed by atoms with van der Waals surface area (Å²) in [5, 5.41) is 0. The van der Waals surface area contributed by atoms with Crippen LogP contribution >= 0.6 is 0 Å². The highest BCUT2D eigenvalue weighted by atomic mass is 15.3. The van der Waals surface area contributed by atoms with Crippen molar-refractivity contribution in [3.63, 3.8) is 0 Å². The Kier molecular flexibility index (Phi) is 5.43. The Morgan fingerprint density at radius 1 is 0.400 bits per heavy atom. The molecule has 0 saturated carbocycles. The third-order valence-electron chi connectivity index (χ3n) is 3.26. The van der Waals surface area contributed by atoms with Crippen molar-refractivity contribution < 1.29 is 0 Å². The first-order valence-electron chi connectivity index (χ1n) is 7.74. The van der Waals surface area contributed by atoms with Crippen LogP contribution in [0.25, 0.3) is 0 Å². The van der Waals surface area contributed by atoms with Gasteiger partial charge in [-0.25, -0.2) is 0 Å². The van der Waals surface area contributed by atoms with Crippen molar-refractivity contribution in [2.75, 3.05) is 0 Å². The summed E-state index contributed by atoms with van der Waals surface area (Å²) in [6.07, 6.45) is 4.52. The first-order chi connectivity index (χ1) is 8.47. The van der Waals surface area contributed by atoms with Gasteiger partial charge in [-0.05, 0) is 83.1 Å². The van der Waals surface area contributed by atoms with Crippen LogP contribution in [0.15, 0.2) is 12.4 Å². The van der Waals surface area contributed by atoms with E-state index in [4.69, 9.17) is 0 Å². The molecule has 0 radical (unpaired) electrons. The van der Waals surface area contributed by atoms with Crippen molar-refractivity contribution in [2.45, 2.75) is 105 Å².